The largest absolute Gasteiger partial charge is 0.465 e. The average molecular weight is 248 g/mol. The van der Waals surface area contributed by atoms with Gasteiger partial charge in [0.25, 0.3) is 0 Å². The maximum atomic E-state index is 11.9. The first-order valence-corrected chi connectivity index (χ1v) is 5.73. The summed E-state index contributed by atoms with van der Waals surface area (Å²) in [5.41, 5.74) is 1.90. The lowest BCUT2D eigenvalue weighted by molar-refractivity contribution is -0.114. The minimum atomic E-state index is -0.381. The summed E-state index contributed by atoms with van der Waals surface area (Å²) in [6.07, 6.45) is 3.98. The van der Waals surface area contributed by atoms with E-state index in [1.54, 1.807) is 18.5 Å². The van der Waals surface area contributed by atoms with E-state index < -0.39 is 0 Å². The summed E-state index contributed by atoms with van der Waals surface area (Å²) >= 11 is 0. The molecule has 96 valence electrons. The second-order valence-corrected chi connectivity index (χ2v) is 4.48. The first-order chi connectivity index (χ1) is 8.52. The summed E-state index contributed by atoms with van der Waals surface area (Å²) in [5.74, 6) is -0.278. The molecule has 5 nitrogen and oxygen atoms in total. The van der Waals surface area contributed by atoms with Gasteiger partial charge in [-0.3, -0.25) is 4.79 Å². The predicted octanol–water partition coefficient (Wildman–Crippen LogP) is 1.15. The number of allylic oxidation sites excluding steroid dienone is 1. The SMILES string of the molecule is COC(=O)c1cc2n(c1)CCC(=O)C2=CN(C)C. The second kappa shape index (κ2) is 4.68. The number of ether oxygens (including phenoxy) is 1. The molecule has 2 rings (SSSR count). The highest BCUT2D eigenvalue weighted by atomic mass is 16.5. The Morgan fingerprint density at radius 1 is 1.50 bits per heavy atom. The van der Waals surface area contributed by atoms with Crippen molar-refractivity contribution >= 4 is 17.3 Å². The van der Waals surface area contributed by atoms with E-state index in [9.17, 15) is 9.59 Å². The lowest BCUT2D eigenvalue weighted by Crippen LogP contribution is -2.18. The zero-order chi connectivity index (χ0) is 13.3. The molecule has 0 saturated carbocycles. The maximum absolute atomic E-state index is 11.9. The minimum Gasteiger partial charge on any atom is -0.465 e. The zero-order valence-electron chi connectivity index (χ0n) is 10.8. The fourth-order valence-corrected chi connectivity index (χ4v) is 2.05. The molecule has 2 heterocycles. The topological polar surface area (TPSA) is 51.5 Å². The van der Waals surface area contributed by atoms with E-state index in [1.165, 1.54) is 7.11 Å². The molecule has 0 amide bonds. The Morgan fingerprint density at radius 2 is 2.22 bits per heavy atom. The number of hydrogen-bond acceptors (Lipinski definition) is 4. The molecule has 0 aliphatic carbocycles. The fraction of sp³-hybridized carbons (Fsp3) is 0.385. The number of aryl methyl sites for hydroxylation is 1. The molecule has 0 radical (unpaired) electrons. The highest BCUT2D eigenvalue weighted by Gasteiger charge is 2.24. The Hall–Kier alpha value is -2.04. The molecule has 1 aliphatic rings. The van der Waals surface area contributed by atoms with Crippen LogP contribution < -0.4 is 0 Å². The van der Waals surface area contributed by atoms with Crippen LogP contribution >= 0.6 is 0 Å². The number of Topliss-reactive ketones (excluding diaryl/α,β-unsaturated/α-hetero) is 1. The standard InChI is InChI=1S/C13H16N2O3/c1-14(2)8-10-11-6-9(13(17)18-3)7-15(11)5-4-12(10)16/h6-8H,4-5H2,1-3H3. The molecule has 0 aromatic carbocycles. The monoisotopic (exact) mass is 248 g/mol. The van der Waals surface area contributed by atoms with Gasteiger partial charge < -0.3 is 14.2 Å². The van der Waals surface area contributed by atoms with Crippen LogP contribution in [0, 0.1) is 0 Å². The van der Waals surface area contributed by atoms with E-state index in [4.69, 9.17) is 4.74 Å². The van der Waals surface area contributed by atoms with Gasteiger partial charge in [0.15, 0.2) is 5.78 Å². The van der Waals surface area contributed by atoms with Gasteiger partial charge in [0.05, 0.1) is 23.9 Å². The molecule has 0 fully saturated rings. The van der Waals surface area contributed by atoms with Crippen molar-refractivity contribution in [1.82, 2.24) is 9.47 Å². The van der Waals surface area contributed by atoms with Crippen LogP contribution in [0.3, 0.4) is 0 Å². The third-order valence-corrected chi connectivity index (χ3v) is 2.86. The Bertz CT molecular complexity index is 526. The normalized spacial score (nSPS) is 16.6. The van der Waals surface area contributed by atoms with Crippen molar-refractivity contribution in [2.24, 2.45) is 0 Å². The third kappa shape index (κ3) is 2.16. The smallest absolute Gasteiger partial charge is 0.339 e. The molecule has 5 heteroatoms. The van der Waals surface area contributed by atoms with Gasteiger partial charge in [0.1, 0.15) is 0 Å². The van der Waals surface area contributed by atoms with Crippen LogP contribution in [-0.4, -0.2) is 42.4 Å². The van der Waals surface area contributed by atoms with Gasteiger partial charge in [-0.1, -0.05) is 0 Å². The van der Waals surface area contributed by atoms with Crippen molar-refractivity contribution in [3.8, 4) is 0 Å². The van der Waals surface area contributed by atoms with E-state index in [0.717, 1.165) is 5.69 Å². The van der Waals surface area contributed by atoms with Gasteiger partial charge in [0.2, 0.25) is 0 Å². The number of fused-ring (bicyclic) bond motifs is 1. The second-order valence-electron chi connectivity index (χ2n) is 4.48. The molecule has 0 unspecified atom stereocenters. The Morgan fingerprint density at radius 3 is 2.83 bits per heavy atom. The van der Waals surface area contributed by atoms with E-state index in [2.05, 4.69) is 0 Å². The molecule has 18 heavy (non-hydrogen) atoms. The number of esters is 1. The first-order valence-electron chi connectivity index (χ1n) is 5.73. The van der Waals surface area contributed by atoms with Gasteiger partial charge in [-0.2, -0.15) is 0 Å². The van der Waals surface area contributed by atoms with Crippen LogP contribution in [-0.2, 0) is 16.1 Å². The summed E-state index contributed by atoms with van der Waals surface area (Å²) in [6.45, 7) is 0.607. The van der Waals surface area contributed by atoms with Crippen LogP contribution in [0.5, 0.6) is 0 Å². The van der Waals surface area contributed by atoms with Crippen LogP contribution in [0.2, 0.25) is 0 Å². The van der Waals surface area contributed by atoms with E-state index in [1.807, 2.05) is 23.6 Å². The van der Waals surface area contributed by atoms with Gasteiger partial charge in [-0.05, 0) is 6.07 Å². The molecule has 1 aromatic rings. The van der Waals surface area contributed by atoms with Crippen molar-refractivity contribution in [2.75, 3.05) is 21.2 Å². The quantitative estimate of drug-likeness (QED) is 0.582. The molecule has 1 aliphatic heterocycles. The minimum absolute atomic E-state index is 0.103. The van der Waals surface area contributed by atoms with Crippen LogP contribution in [0.1, 0.15) is 22.5 Å². The summed E-state index contributed by atoms with van der Waals surface area (Å²) in [7, 11) is 5.08. The molecule has 0 spiro atoms. The van der Waals surface area contributed by atoms with E-state index in [0.29, 0.717) is 24.1 Å². The number of nitrogens with zero attached hydrogens (tertiary/aromatic N) is 2. The fourth-order valence-electron chi connectivity index (χ4n) is 2.05. The summed E-state index contributed by atoms with van der Waals surface area (Å²) in [6, 6.07) is 1.71. The van der Waals surface area contributed by atoms with Gasteiger partial charge in [0, 0.05) is 39.5 Å². The van der Waals surface area contributed by atoms with Crippen molar-refractivity contribution in [3.63, 3.8) is 0 Å². The Labute approximate surface area is 106 Å². The Kier molecular flexibility index (Phi) is 3.23. The summed E-state index contributed by atoms with van der Waals surface area (Å²) in [5, 5.41) is 0. The number of methoxy groups -OCH3 is 1. The highest BCUT2D eigenvalue weighted by molar-refractivity contribution is 6.21. The van der Waals surface area contributed by atoms with E-state index >= 15 is 0 Å². The van der Waals surface area contributed by atoms with Crippen LogP contribution in [0.15, 0.2) is 18.5 Å². The van der Waals surface area contributed by atoms with Gasteiger partial charge in [-0.25, -0.2) is 4.79 Å². The van der Waals surface area contributed by atoms with Gasteiger partial charge in [-0.15, -0.1) is 0 Å². The van der Waals surface area contributed by atoms with Crippen LogP contribution in [0.25, 0.3) is 5.57 Å². The third-order valence-electron chi connectivity index (χ3n) is 2.86. The van der Waals surface area contributed by atoms with E-state index in [-0.39, 0.29) is 11.8 Å². The number of hydrogen-bond donors (Lipinski definition) is 0. The summed E-state index contributed by atoms with van der Waals surface area (Å²) < 4.78 is 6.61. The first kappa shape index (κ1) is 12.4. The van der Waals surface area contributed by atoms with Crippen molar-refractivity contribution in [1.29, 1.82) is 0 Å². The van der Waals surface area contributed by atoms with Gasteiger partial charge >= 0.3 is 5.97 Å². The molecule has 0 atom stereocenters. The lowest BCUT2D eigenvalue weighted by Gasteiger charge is -2.18. The van der Waals surface area contributed by atoms with Crippen molar-refractivity contribution in [3.05, 3.63) is 29.7 Å². The molecule has 0 saturated heterocycles. The molecular formula is C13H16N2O3. The summed E-state index contributed by atoms with van der Waals surface area (Å²) in [4.78, 5) is 25.2. The zero-order valence-corrected chi connectivity index (χ0v) is 10.8. The highest BCUT2D eigenvalue weighted by Crippen LogP contribution is 2.26. The number of aromatic nitrogens is 1. The predicted molar refractivity (Wildman–Crippen MR) is 67.1 cm³/mol. The molecule has 0 N–H and O–H groups in total. The van der Waals surface area contributed by atoms with Crippen LogP contribution in [0.4, 0.5) is 0 Å². The lowest BCUT2D eigenvalue weighted by atomic mass is 10.0. The molecule has 0 bridgehead atoms. The maximum Gasteiger partial charge on any atom is 0.339 e. The van der Waals surface area contributed by atoms with Crippen molar-refractivity contribution in [2.45, 2.75) is 13.0 Å². The average Bonchev–Trinajstić information content (AvgIpc) is 2.75. The number of carbonyl (C=O) groups excluding carboxylic acids is 2. The Balaban J connectivity index is 2.47. The number of ketones is 1. The molecular weight excluding hydrogens is 232 g/mol. The number of rotatable bonds is 2. The molecule has 1 aromatic heterocycles. The van der Waals surface area contributed by atoms with Crippen molar-refractivity contribution < 1.29 is 14.3 Å². The number of carbonyl (C=O) groups is 2.